The molecule has 0 heterocycles. The Morgan fingerprint density at radius 3 is 2.50 bits per heavy atom. The molecule has 0 aromatic heterocycles. The van der Waals surface area contributed by atoms with Crippen LogP contribution in [0.1, 0.15) is 25.0 Å². The second kappa shape index (κ2) is 6.28. The molecule has 0 aliphatic heterocycles. The maximum absolute atomic E-state index is 10.7. The second-order valence-corrected chi connectivity index (χ2v) is 4.36. The quantitative estimate of drug-likeness (QED) is 0.773. The zero-order valence-corrected chi connectivity index (χ0v) is 9.86. The fourth-order valence-corrected chi connectivity index (χ4v) is 1.56. The average Bonchev–Trinajstić information content (AvgIpc) is 2.19. The molecular formula is C13H19NO2. The molecular weight excluding hydrogens is 202 g/mol. The number of benzene rings is 1. The molecule has 0 amide bonds. The first-order valence-corrected chi connectivity index (χ1v) is 5.59. The van der Waals surface area contributed by atoms with E-state index in [2.05, 4.69) is 19.2 Å². The van der Waals surface area contributed by atoms with Crippen LogP contribution >= 0.6 is 0 Å². The molecule has 3 heteroatoms. The zero-order chi connectivity index (χ0) is 12.0. The van der Waals surface area contributed by atoms with Crippen LogP contribution in [0.3, 0.4) is 0 Å². The molecule has 1 aromatic carbocycles. The van der Waals surface area contributed by atoms with Crippen LogP contribution in [0.2, 0.25) is 0 Å². The summed E-state index contributed by atoms with van der Waals surface area (Å²) < 4.78 is 0. The van der Waals surface area contributed by atoms with E-state index in [1.165, 1.54) is 0 Å². The Kier molecular flexibility index (Phi) is 4.99. The molecule has 88 valence electrons. The molecule has 1 aromatic rings. The molecule has 16 heavy (non-hydrogen) atoms. The van der Waals surface area contributed by atoms with E-state index < -0.39 is 5.97 Å². The van der Waals surface area contributed by atoms with Gasteiger partial charge >= 0.3 is 5.97 Å². The van der Waals surface area contributed by atoms with Crippen molar-refractivity contribution < 1.29 is 9.90 Å². The van der Waals surface area contributed by atoms with Crippen molar-refractivity contribution in [3.8, 4) is 0 Å². The predicted octanol–water partition coefficient (Wildman–Crippen LogP) is 2.06. The smallest absolute Gasteiger partial charge is 0.307 e. The number of hydrogen-bond acceptors (Lipinski definition) is 2. The van der Waals surface area contributed by atoms with Crippen molar-refractivity contribution in [1.29, 1.82) is 0 Å². The highest BCUT2D eigenvalue weighted by Crippen LogP contribution is 2.09. The van der Waals surface area contributed by atoms with Gasteiger partial charge in [0.05, 0.1) is 6.42 Å². The lowest BCUT2D eigenvalue weighted by molar-refractivity contribution is -0.136. The Morgan fingerprint density at radius 1 is 1.31 bits per heavy atom. The molecule has 0 fully saturated rings. The number of rotatable bonds is 6. The Balaban J connectivity index is 2.60. The van der Waals surface area contributed by atoms with E-state index >= 15 is 0 Å². The summed E-state index contributed by atoms with van der Waals surface area (Å²) in [7, 11) is 0. The van der Waals surface area contributed by atoms with Crippen molar-refractivity contribution in [2.24, 2.45) is 5.92 Å². The Hall–Kier alpha value is -1.35. The molecule has 2 N–H and O–H groups in total. The summed E-state index contributed by atoms with van der Waals surface area (Å²) in [6.45, 7) is 5.98. The highest BCUT2D eigenvalue weighted by atomic mass is 16.4. The number of hydrogen-bond donors (Lipinski definition) is 2. The molecule has 0 saturated heterocycles. The van der Waals surface area contributed by atoms with E-state index in [0.717, 1.165) is 24.2 Å². The van der Waals surface area contributed by atoms with Crippen molar-refractivity contribution in [2.45, 2.75) is 26.8 Å². The van der Waals surface area contributed by atoms with Crippen LogP contribution in [-0.4, -0.2) is 17.6 Å². The van der Waals surface area contributed by atoms with Crippen LogP contribution in [0, 0.1) is 5.92 Å². The SMILES string of the molecule is CC(C)CNCc1ccccc1CC(=O)O. The first kappa shape index (κ1) is 12.7. The first-order chi connectivity index (χ1) is 7.59. The predicted molar refractivity (Wildman–Crippen MR) is 64.3 cm³/mol. The maximum Gasteiger partial charge on any atom is 0.307 e. The lowest BCUT2D eigenvalue weighted by Gasteiger charge is -2.10. The van der Waals surface area contributed by atoms with Gasteiger partial charge in [-0.1, -0.05) is 38.1 Å². The minimum Gasteiger partial charge on any atom is -0.481 e. The third kappa shape index (κ3) is 4.45. The molecule has 0 unspecified atom stereocenters. The number of carboxylic acid groups (broad SMARTS) is 1. The van der Waals surface area contributed by atoms with E-state index in [-0.39, 0.29) is 6.42 Å². The van der Waals surface area contributed by atoms with E-state index in [1.807, 2.05) is 24.3 Å². The van der Waals surface area contributed by atoms with Crippen LogP contribution in [0.25, 0.3) is 0 Å². The summed E-state index contributed by atoms with van der Waals surface area (Å²) in [4.78, 5) is 10.7. The summed E-state index contributed by atoms with van der Waals surface area (Å²) in [5.74, 6) is -0.178. The molecule has 0 atom stereocenters. The summed E-state index contributed by atoms with van der Waals surface area (Å²) in [6.07, 6.45) is 0.0968. The fourth-order valence-electron chi connectivity index (χ4n) is 1.56. The fraction of sp³-hybridized carbons (Fsp3) is 0.462. The van der Waals surface area contributed by atoms with Crippen LogP contribution in [-0.2, 0) is 17.8 Å². The lowest BCUT2D eigenvalue weighted by atomic mass is 10.0. The van der Waals surface area contributed by atoms with Gasteiger partial charge in [0, 0.05) is 6.54 Å². The summed E-state index contributed by atoms with van der Waals surface area (Å²) in [5.41, 5.74) is 1.97. The van der Waals surface area contributed by atoms with Crippen LogP contribution in [0.15, 0.2) is 24.3 Å². The third-order valence-electron chi connectivity index (χ3n) is 2.33. The largest absolute Gasteiger partial charge is 0.481 e. The van der Waals surface area contributed by atoms with E-state index in [0.29, 0.717) is 5.92 Å². The Morgan fingerprint density at radius 2 is 1.94 bits per heavy atom. The average molecular weight is 221 g/mol. The molecule has 0 bridgehead atoms. The number of aliphatic carboxylic acids is 1. The van der Waals surface area contributed by atoms with Crippen LogP contribution < -0.4 is 5.32 Å². The highest BCUT2D eigenvalue weighted by molar-refractivity contribution is 5.70. The molecule has 3 nitrogen and oxygen atoms in total. The van der Waals surface area contributed by atoms with Gasteiger partial charge in [0.2, 0.25) is 0 Å². The second-order valence-electron chi connectivity index (χ2n) is 4.36. The van der Waals surface area contributed by atoms with E-state index in [1.54, 1.807) is 0 Å². The standard InChI is InChI=1S/C13H19NO2/c1-10(2)8-14-9-12-6-4-3-5-11(12)7-13(15)16/h3-6,10,14H,7-9H2,1-2H3,(H,15,16). The molecule has 0 aliphatic rings. The molecule has 0 aliphatic carbocycles. The minimum absolute atomic E-state index is 0.0968. The topological polar surface area (TPSA) is 49.3 Å². The summed E-state index contributed by atoms with van der Waals surface area (Å²) in [6, 6.07) is 7.67. The van der Waals surface area contributed by atoms with Gasteiger partial charge in [-0.2, -0.15) is 0 Å². The highest BCUT2D eigenvalue weighted by Gasteiger charge is 2.05. The first-order valence-electron chi connectivity index (χ1n) is 5.59. The molecule has 0 spiro atoms. The van der Waals surface area contributed by atoms with Crippen molar-refractivity contribution in [3.63, 3.8) is 0 Å². The number of carbonyl (C=O) groups is 1. The maximum atomic E-state index is 10.7. The monoisotopic (exact) mass is 221 g/mol. The van der Waals surface area contributed by atoms with Gasteiger partial charge in [-0.3, -0.25) is 4.79 Å². The normalized spacial score (nSPS) is 10.7. The molecule has 0 saturated carbocycles. The van der Waals surface area contributed by atoms with E-state index in [9.17, 15) is 4.79 Å². The van der Waals surface area contributed by atoms with Gasteiger partial charge in [-0.05, 0) is 23.6 Å². The molecule has 0 radical (unpaired) electrons. The van der Waals surface area contributed by atoms with Gasteiger partial charge in [0.25, 0.3) is 0 Å². The minimum atomic E-state index is -0.781. The van der Waals surface area contributed by atoms with Gasteiger partial charge < -0.3 is 10.4 Å². The van der Waals surface area contributed by atoms with Gasteiger partial charge in [0.1, 0.15) is 0 Å². The van der Waals surface area contributed by atoms with Crippen LogP contribution in [0.4, 0.5) is 0 Å². The van der Waals surface area contributed by atoms with E-state index in [4.69, 9.17) is 5.11 Å². The molecule has 1 rings (SSSR count). The zero-order valence-electron chi connectivity index (χ0n) is 9.86. The van der Waals surface area contributed by atoms with Crippen molar-refractivity contribution in [2.75, 3.05) is 6.54 Å². The van der Waals surface area contributed by atoms with Gasteiger partial charge in [-0.25, -0.2) is 0 Å². The van der Waals surface area contributed by atoms with Gasteiger partial charge in [-0.15, -0.1) is 0 Å². The summed E-state index contributed by atoms with van der Waals surface area (Å²) >= 11 is 0. The van der Waals surface area contributed by atoms with Crippen LogP contribution in [0.5, 0.6) is 0 Å². The summed E-state index contributed by atoms with van der Waals surface area (Å²) in [5, 5.41) is 12.1. The van der Waals surface area contributed by atoms with Crippen molar-refractivity contribution >= 4 is 5.97 Å². The van der Waals surface area contributed by atoms with Crippen molar-refractivity contribution in [1.82, 2.24) is 5.32 Å². The number of carboxylic acids is 1. The van der Waals surface area contributed by atoms with Crippen molar-refractivity contribution in [3.05, 3.63) is 35.4 Å². The lowest BCUT2D eigenvalue weighted by Crippen LogP contribution is -2.20. The number of nitrogens with one attached hydrogen (secondary N) is 1. The third-order valence-corrected chi connectivity index (χ3v) is 2.33. The van der Waals surface area contributed by atoms with Gasteiger partial charge in [0.15, 0.2) is 0 Å². The Labute approximate surface area is 96.5 Å². The Bertz CT molecular complexity index is 348.